The molecule has 1 atom stereocenters. The number of hydrogen-bond acceptors (Lipinski definition) is 4. The second-order valence-corrected chi connectivity index (χ2v) is 8.40. The fraction of sp³-hybridized carbons (Fsp3) is 0.409. The van der Waals surface area contributed by atoms with Gasteiger partial charge in [-0.15, -0.1) is 0 Å². The lowest BCUT2D eigenvalue weighted by molar-refractivity contribution is -0.120. The highest BCUT2D eigenvalue weighted by molar-refractivity contribution is 7.97. The smallest absolute Gasteiger partial charge is 0.227 e. The highest BCUT2D eigenvalue weighted by Gasteiger charge is 2.22. The second-order valence-electron chi connectivity index (χ2n) is 7.52. The zero-order valence-electron chi connectivity index (χ0n) is 15.5. The summed E-state index contributed by atoms with van der Waals surface area (Å²) in [5.74, 6) is 0.354. The van der Waals surface area contributed by atoms with E-state index in [0.29, 0.717) is 6.04 Å². The highest BCUT2D eigenvalue weighted by atomic mass is 32.2. The first-order valence-electron chi connectivity index (χ1n) is 9.93. The van der Waals surface area contributed by atoms with E-state index >= 15 is 0 Å². The van der Waals surface area contributed by atoms with Gasteiger partial charge in [-0.25, -0.2) is 0 Å². The zero-order chi connectivity index (χ0) is 18.5. The van der Waals surface area contributed by atoms with Crippen molar-refractivity contribution in [3.8, 4) is 0 Å². The highest BCUT2D eigenvalue weighted by Crippen LogP contribution is 2.32. The van der Waals surface area contributed by atoms with Crippen LogP contribution in [-0.2, 0) is 11.2 Å². The maximum atomic E-state index is 12.5. The third kappa shape index (κ3) is 4.85. The van der Waals surface area contributed by atoms with Gasteiger partial charge < -0.3 is 10.6 Å². The molecule has 1 fully saturated rings. The fourth-order valence-electron chi connectivity index (χ4n) is 3.88. The first-order chi connectivity index (χ1) is 13.3. The molecule has 0 aromatic heterocycles. The lowest BCUT2D eigenvalue weighted by Crippen LogP contribution is -2.31. The second kappa shape index (κ2) is 8.81. The molecular weight excluding hydrogens is 354 g/mol. The van der Waals surface area contributed by atoms with Crippen LogP contribution in [0.15, 0.2) is 53.4 Å². The van der Waals surface area contributed by atoms with Crippen LogP contribution in [0.25, 0.3) is 0 Å². The van der Waals surface area contributed by atoms with Crippen molar-refractivity contribution < 1.29 is 4.79 Å². The van der Waals surface area contributed by atoms with Gasteiger partial charge in [0, 0.05) is 29.1 Å². The topological polar surface area (TPSA) is 53.2 Å². The van der Waals surface area contributed by atoms with Crippen LogP contribution in [0, 0.1) is 5.92 Å². The van der Waals surface area contributed by atoms with E-state index in [1.807, 2.05) is 6.07 Å². The summed E-state index contributed by atoms with van der Waals surface area (Å²) in [5, 5.41) is 6.68. The Labute approximate surface area is 165 Å². The molecule has 4 rings (SSSR count). The molecule has 1 saturated carbocycles. The van der Waals surface area contributed by atoms with Gasteiger partial charge in [0.25, 0.3) is 0 Å². The Morgan fingerprint density at radius 1 is 1.07 bits per heavy atom. The summed E-state index contributed by atoms with van der Waals surface area (Å²) >= 11 is 1.67. The molecule has 0 saturated heterocycles. The summed E-state index contributed by atoms with van der Waals surface area (Å²) < 4.78 is 3.57. The third-order valence-corrected chi connectivity index (χ3v) is 6.45. The number of hydrogen-bond donors (Lipinski definition) is 3. The van der Waals surface area contributed by atoms with Gasteiger partial charge >= 0.3 is 0 Å². The number of nitrogens with one attached hydrogen (secondary N) is 3. The van der Waals surface area contributed by atoms with Gasteiger partial charge in [-0.2, -0.15) is 0 Å². The van der Waals surface area contributed by atoms with Crippen LogP contribution in [0.3, 0.4) is 0 Å². The SMILES string of the molecule is O=C(Nc1ccc2c(c1)NCC(Cc1ccccc1)NS2)C1CCCCC1. The molecule has 2 aliphatic rings. The summed E-state index contributed by atoms with van der Waals surface area (Å²) in [4.78, 5) is 13.7. The summed E-state index contributed by atoms with van der Waals surface area (Å²) in [7, 11) is 0. The maximum absolute atomic E-state index is 12.5. The van der Waals surface area contributed by atoms with E-state index in [2.05, 4.69) is 57.8 Å². The Bertz CT molecular complexity index is 774. The monoisotopic (exact) mass is 381 g/mol. The number of fused-ring (bicyclic) bond motifs is 1. The molecule has 1 aliphatic heterocycles. The standard InChI is InChI=1S/C22H27N3OS/c26-22(17-9-5-2-6-10-17)24-18-11-12-21-20(14-18)23-15-19(25-27-21)13-16-7-3-1-4-8-16/h1,3-4,7-8,11-12,14,17,19,23,25H,2,5-6,9-10,13,15H2,(H,24,26). The van der Waals surface area contributed by atoms with Crippen LogP contribution in [0.1, 0.15) is 37.7 Å². The summed E-state index contributed by atoms with van der Waals surface area (Å²) in [6.45, 7) is 0.856. The number of anilines is 2. The van der Waals surface area contributed by atoms with Gasteiger partial charge in [-0.1, -0.05) is 49.6 Å². The van der Waals surface area contributed by atoms with Crippen molar-refractivity contribution in [1.29, 1.82) is 0 Å². The Morgan fingerprint density at radius 2 is 1.89 bits per heavy atom. The Hall–Kier alpha value is -1.98. The molecule has 1 amide bonds. The van der Waals surface area contributed by atoms with Gasteiger partial charge in [0.05, 0.1) is 5.69 Å². The first-order valence-corrected chi connectivity index (χ1v) is 10.7. The minimum Gasteiger partial charge on any atom is -0.382 e. The Morgan fingerprint density at radius 3 is 2.70 bits per heavy atom. The van der Waals surface area contributed by atoms with E-state index < -0.39 is 0 Å². The van der Waals surface area contributed by atoms with Crippen LogP contribution in [0.4, 0.5) is 11.4 Å². The minimum atomic E-state index is 0.177. The molecule has 1 heterocycles. The van der Waals surface area contributed by atoms with Gasteiger partial charge in [0.2, 0.25) is 5.91 Å². The van der Waals surface area contributed by atoms with Crippen LogP contribution in [0.5, 0.6) is 0 Å². The van der Waals surface area contributed by atoms with E-state index in [-0.39, 0.29) is 11.8 Å². The van der Waals surface area contributed by atoms with Crippen molar-refractivity contribution in [3.05, 3.63) is 54.1 Å². The largest absolute Gasteiger partial charge is 0.382 e. The normalized spacial score (nSPS) is 20.2. The minimum absolute atomic E-state index is 0.177. The molecule has 0 spiro atoms. The molecular formula is C22H27N3OS. The first kappa shape index (κ1) is 18.4. The molecule has 27 heavy (non-hydrogen) atoms. The van der Waals surface area contributed by atoms with E-state index in [4.69, 9.17) is 0 Å². The van der Waals surface area contributed by atoms with Crippen LogP contribution < -0.4 is 15.4 Å². The molecule has 4 nitrogen and oxygen atoms in total. The molecule has 0 bridgehead atoms. The number of carbonyl (C=O) groups is 1. The molecule has 1 aliphatic carbocycles. The molecule has 5 heteroatoms. The lowest BCUT2D eigenvalue weighted by Gasteiger charge is -2.21. The van der Waals surface area contributed by atoms with Crippen molar-refractivity contribution in [2.45, 2.75) is 49.5 Å². The van der Waals surface area contributed by atoms with Crippen molar-refractivity contribution in [1.82, 2.24) is 4.72 Å². The quantitative estimate of drug-likeness (QED) is 0.664. The van der Waals surface area contributed by atoms with E-state index in [9.17, 15) is 4.79 Å². The zero-order valence-corrected chi connectivity index (χ0v) is 16.4. The molecule has 2 aromatic carbocycles. The van der Waals surface area contributed by atoms with Crippen molar-refractivity contribution in [2.75, 3.05) is 17.2 Å². The van der Waals surface area contributed by atoms with Crippen molar-refractivity contribution in [2.24, 2.45) is 5.92 Å². The average Bonchev–Trinajstić information content (AvgIpc) is 2.91. The van der Waals surface area contributed by atoms with Gasteiger partial charge in [0.15, 0.2) is 0 Å². The molecule has 3 N–H and O–H groups in total. The number of amides is 1. The van der Waals surface area contributed by atoms with Crippen molar-refractivity contribution >= 4 is 29.2 Å². The van der Waals surface area contributed by atoms with Gasteiger partial charge in [0.1, 0.15) is 0 Å². The van der Waals surface area contributed by atoms with Gasteiger partial charge in [-0.05, 0) is 55.0 Å². The molecule has 0 radical (unpaired) electrons. The summed E-state index contributed by atoms with van der Waals surface area (Å²) in [5.41, 5.74) is 3.31. The van der Waals surface area contributed by atoms with E-state index in [1.54, 1.807) is 11.9 Å². The number of benzene rings is 2. The van der Waals surface area contributed by atoms with Crippen LogP contribution >= 0.6 is 11.9 Å². The predicted octanol–water partition coefficient (Wildman–Crippen LogP) is 4.84. The third-order valence-electron chi connectivity index (χ3n) is 5.42. The number of carbonyl (C=O) groups excluding carboxylic acids is 1. The Balaban J connectivity index is 1.38. The lowest BCUT2D eigenvalue weighted by atomic mass is 9.88. The summed E-state index contributed by atoms with van der Waals surface area (Å²) in [6, 6.07) is 17.1. The van der Waals surface area contributed by atoms with E-state index in [0.717, 1.165) is 37.2 Å². The molecule has 2 aromatic rings. The maximum Gasteiger partial charge on any atom is 0.227 e. The predicted molar refractivity (Wildman–Crippen MR) is 113 cm³/mol. The van der Waals surface area contributed by atoms with E-state index in [1.165, 1.54) is 29.7 Å². The van der Waals surface area contributed by atoms with Crippen LogP contribution in [0.2, 0.25) is 0 Å². The average molecular weight is 382 g/mol. The Kier molecular flexibility index (Phi) is 6.00. The molecule has 142 valence electrons. The molecule has 1 unspecified atom stereocenters. The van der Waals surface area contributed by atoms with Crippen LogP contribution in [-0.4, -0.2) is 18.5 Å². The van der Waals surface area contributed by atoms with Gasteiger partial charge in [-0.3, -0.25) is 9.52 Å². The fourth-order valence-corrected chi connectivity index (χ4v) is 4.72. The number of rotatable bonds is 4. The summed E-state index contributed by atoms with van der Waals surface area (Å²) in [6.07, 6.45) is 6.65. The van der Waals surface area contributed by atoms with Crippen molar-refractivity contribution in [3.63, 3.8) is 0 Å².